The van der Waals surface area contributed by atoms with Crippen LogP contribution in [-0.4, -0.2) is 64.4 Å². The Kier molecular flexibility index (Phi) is 11.2. The Hall–Kier alpha value is -3.81. The van der Waals surface area contributed by atoms with Crippen molar-refractivity contribution in [3.63, 3.8) is 0 Å². The first kappa shape index (κ1) is 32.7. The van der Waals surface area contributed by atoms with E-state index < -0.39 is 11.1 Å². The van der Waals surface area contributed by atoms with Crippen LogP contribution in [0.15, 0.2) is 24.5 Å². The van der Waals surface area contributed by atoms with Crippen molar-refractivity contribution in [1.29, 1.82) is 0 Å². The maximum atomic E-state index is 9.68. The topological polar surface area (TPSA) is 220 Å². The lowest BCUT2D eigenvalue weighted by atomic mass is 9.96. The number of aliphatic hydroxyl groups excluding tert-OH is 2. The van der Waals surface area contributed by atoms with Crippen molar-refractivity contribution in [1.82, 2.24) is 29.9 Å². The predicted molar refractivity (Wildman–Crippen MR) is 170 cm³/mol. The highest BCUT2D eigenvalue weighted by atomic mass is 35.5. The molecule has 0 amide bonds. The monoisotopic (exact) mass is 599 g/mol. The first-order valence-corrected chi connectivity index (χ1v) is 14.4. The van der Waals surface area contributed by atoms with Gasteiger partial charge in [0.05, 0.1) is 52.2 Å². The van der Waals surface area contributed by atoms with E-state index >= 15 is 0 Å². The number of unbranched alkanes of at least 4 members (excludes halogenated alkanes) is 2. The van der Waals surface area contributed by atoms with Crippen molar-refractivity contribution in [3.8, 4) is 0 Å². The first-order chi connectivity index (χ1) is 19.9. The zero-order chi connectivity index (χ0) is 30.9. The zero-order valence-corrected chi connectivity index (χ0v) is 25.4. The van der Waals surface area contributed by atoms with Crippen molar-refractivity contribution in [2.75, 3.05) is 41.0 Å². The van der Waals surface area contributed by atoms with Gasteiger partial charge in [0, 0.05) is 6.20 Å². The normalized spacial score (nSPS) is 14.1. The molecule has 0 saturated carbocycles. The van der Waals surface area contributed by atoms with E-state index in [0.29, 0.717) is 44.4 Å². The van der Waals surface area contributed by atoms with Crippen molar-refractivity contribution in [3.05, 3.63) is 29.5 Å². The molecule has 42 heavy (non-hydrogen) atoms. The third kappa shape index (κ3) is 8.60. The molecular formula is C28H42ClN11O2. The van der Waals surface area contributed by atoms with Crippen molar-refractivity contribution >= 4 is 62.9 Å². The van der Waals surface area contributed by atoms with Crippen LogP contribution in [0.2, 0.25) is 5.02 Å². The summed E-state index contributed by atoms with van der Waals surface area (Å²) in [6, 6.07) is 3.39. The minimum absolute atomic E-state index is 0.00657. The Morgan fingerprint density at radius 3 is 1.64 bits per heavy atom. The Bertz CT molecular complexity index is 1370. The van der Waals surface area contributed by atoms with E-state index in [4.69, 9.17) is 28.8 Å². The molecule has 0 fully saturated rings. The van der Waals surface area contributed by atoms with E-state index in [0.717, 1.165) is 38.5 Å². The van der Waals surface area contributed by atoms with Gasteiger partial charge >= 0.3 is 0 Å². The highest BCUT2D eigenvalue weighted by molar-refractivity contribution is 6.31. The minimum Gasteiger partial charge on any atom is -0.397 e. The number of nitrogens with two attached hydrogens (primary N) is 3. The van der Waals surface area contributed by atoms with Gasteiger partial charge in [0.15, 0.2) is 11.6 Å². The molecule has 4 rings (SSSR count). The summed E-state index contributed by atoms with van der Waals surface area (Å²) in [5, 5.41) is 26.4. The number of nitrogens with zero attached hydrogens (tertiary/aromatic N) is 6. The summed E-state index contributed by atoms with van der Waals surface area (Å²) in [7, 11) is 0. The van der Waals surface area contributed by atoms with E-state index in [2.05, 4.69) is 54.4 Å². The highest BCUT2D eigenvalue weighted by Crippen LogP contribution is 2.27. The second-order valence-corrected chi connectivity index (χ2v) is 11.3. The molecule has 0 saturated heterocycles. The van der Waals surface area contributed by atoms with Crippen LogP contribution in [-0.2, 0) is 0 Å². The molecule has 228 valence electrons. The number of nitrogens with one attached hydrogen (secondary N) is 2. The minimum atomic E-state index is -0.481. The SMILES string of the molecule is CCCC[C@@](C)(CO)Nc1nc(N)nc2cc(Cl)cnc12.CCCC[C@@](C)(CO)Nc1nc(N)nc2cc(N)cnc12. The number of halogens is 1. The summed E-state index contributed by atoms with van der Waals surface area (Å²) >= 11 is 5.93. The number of aromatic nitrogens is 6. The molecule has 0 radical (unpaired) electrons. The standard InChI is InChI=1S/C14H20ClN5O.C14H22N6O/c2*1-3-4-5-14(2,8-21)20-12-11-10(18-13(16)19-12)6-9(15)7-17-11/h6-7,21H,3-5,8H2,1-2H3,(H3,16,18,19,20);6-7,21H,3-5,8,15H2,1-2H3,(H3,16,18,19,20)/t2*14-/m00/s1. The van der Waals surface area contributed by atoms with Gasteiger partial charge in [0.1, 0.15) is 11.0 Å². The fourth-order valence-corrected chi connectivity index (χ4v) is 4.46. The molecule has 13 nitrogen and oxygen atoms in total. The molecule has 0 spiro atoms. The van der Waals surface area contributed by atoms with Crippen LogP contribution < -0.4 is 27.8 Å². The van der Waals surface area contributed by atoms with Crippen molar-refractivity contribution in [2.45, 2.75) is 77.3 Å². The summed E-state index contributed by atoms with van der Waals surface area (Å²) in [6.45, 7) is 8.10. The number of aliphatic hydroxyl groups is 2. The molecule has 0 bridgehead atoms. The molecule has 0 aliphatic heterocycles. The van der Waals surface area contributed by atoms with E-state index in [1.54, 1.807) is 18.3 Å². The first-order valence-electron chi connectivity index (χ1n) is 14.0. The average molecular weight is 600 g/mol. The van der Waals surface area contributed by atoms with Crippen LogP contribution >= 0.6 is 11.6 Å². The van der Waals surface area contributed by atoms with Crippen molar-refractivity contribution in [2.24, 2.45) is 0 Å². The summed E-state index contributed by atoms with van der Waals surface area (Å²) in [5.74, 6) is 1.32. The lowest BCUT2D eigenvalue weighted by Crippen LogP contribution is -2.39. The van der Waals surface area contributed by atoms with Crippen LogP contribution in [0.5, 0.6) is 0 Å². The van der Waals surface area contributed by atoms with Crippen LogP contribution in [0.3, 0.4) is 0 Å². The maximum Gasteiger partial charge on any atom is 0.222 e. The van der Waals surface area contributed by atoms with E-state index in [-0.39, 0.29) is 25.1 Å². The highest BCUT2D eigenvalue weighted by Gasteiger charge is 2.26. The van der Waals surface area contributed by atoms with Gasteiger partial charge in [-0.1, -0.05) is 51.1 Å². The lowest BCUT2D eigenvalue weighted by molar-refractivity contribution is 0.212. The summed E-state index contributed by atoms with van der Waals surface area (Å²) in [4.78, 5) is 25.2. The molecule has 4 aromatic rings. The predicted octanol–water partition coefficient (Wildman–Crippen LogP) is 4.16. The quantitative estimate of drug-likeness (QED) is 0.122. The van der Waals surface area contributed by atoms with Crippen LogP contribution in [0.25, 0.3) is 22.1 Å². The smallest absolute Gasteiger partial charge is 0.222 e. The molecule has 4 aromatic heterocycles. The Morgan fingerprint density at radius 1 is 0.738 bits per heavy atom. The number of anilines is 5. The van der Waals surface area contributed by atoms with Gasteiger partial charge in [-0.3, -0.25) is 0 Å². The number of rotatable bonds is 12. The molecule has 0 unspecified atom stereocenters. The Morgan fingerprint density at radius 2 is 1.19 bits per heavy atom. The molecule has 0 aliphatic carbocycles. The number of pyridine rings is 2. The molecule has 0 aromatic carbocycles. The number of fused-ring (bicyclic) bond motifs is 2. The fourth-order valence-electron chi connectivity index (χ4n) is 4.31. The van der Waals surface area contributed by atoms with E-state index in [9.17, 15) is 10.2 Å². The largest absolute Gasteiger partial charge is 0.397 e. The molecule has 4 heterocycles. The Labute approximate surface area is 250 Å². The molecule has 10 N–H and O–H groups in total. The molecule has 2 atom stereocenters. The number of hydrogen-bond donors (Lipinski definition) is 7. The lowest BCUT2D eigenvalue weighted by Gasteiger charge is -2.29. The second-order valence-electron chi connectivity index (χ2n) is 10.9. The fraction of sp³-hybridized carbons (Fsp3) is 0.500. The number of hydrogen-bond acceptors (Lipinski definition) is 13. The zero-order valence-electron chi connectivity index (χ0n) is 24.7. The van der Waals surface area contributed by atoms with Crippen LogP contribution in [0.4, 0.5) is 29.2 Å². The Balaban J connectivity index is 0.000000230. The summed E-state index contributed by atoms with van der Waals surface area (Å²) < 4.78 is 0. The van der Waals surface area contributed by atoms with Gasteiger partial charge in [-0.2, -0.15) is 9.97 Å². The number of nitrogen functional groups attached to an aromatic ring is 3. The maximum absolute atomic E-state index is 9.68. The van der Waals surface area contributed by atoms with Gasteiger partial charge in [-0.25, -0.2) is 19.9 Å². The van der Waals surface area contributed by atoms with Crippen molar-refractivity contribution < 1.29 is 10.2 Å². The van der Waals surface area contributed by atoms with Gasteiger partial charge in [-0.15, -0.1) is 0 Å². The van der Waals surface area contributed by atoms with Gasteiger partial charge < -0.3 is 38.0 Å². The van der Waals surface area contributed by atoms with Gasteiger partial charge in [0.25, 0.3) is 0 Å². The molecular weight excluding hydrogens is 558 g/mol. The molecule has 0 aliphatic rings. The van der Waals surface area contributed by atoms with Crippen LogP contribution in [0, 0.1) is 0 Å². The third-order valence-corrected chi connectivity index (χ3v) is 7.00. The van der Waals surface area contributed by atoms with E-state index in [1.165, 1.54) is 6.20 Å². The second kappa shape index (κ2) is 14.4. The van der Waals surface area contributed by atoms with E-state index in [1.807, 2.05) is 13.8 Å². The molecule has 14 heteroatoms. The summed E-state index contributed by atoms with van der Waals surface area (Å²) in [6.07, 6.45) is 8.84. The third-order valence-electron chi connectivity index (χ3n) is 6.80. The van der Waals surface area contributed by atoms with Gasteiger partial charge in [0.2, 0.25) is 11.9 Å². The average Bonchev–Trinajstić information content (AvgIpc) is 2.94. The van der Waals surface area contributed by atoms with Crippen LogP contribution in [0.1, 0.15) is 66.2 Å². The summed E-state index contributed by atoms with van der Waals surface area (Å²) in [5.41, 5.74) is 19.1. The van der Waals surface area contributed by atoms with Gasteiger partial charge in [-0.05, 0) is 38.8 Å².